The summed E-state index contributed by atoms with van der Waals surface area (Å²) in [4.78, 5) is 12.4. The Morgan fingerprint density at radius 2 is 1.63 bits per heavy atom. The molecule has 1 fully saturated rings. The van der Waals surface area contributed by atoms with Crippen molar-refractivity contribution in [1.29, 1.82) is 0 Å². The number of carbonyl (C=O) groups excluding carboxylic acids is 1. The number of nitrogens with one attached hydrogen (secondary N) is 1. The number of hydrogen-bond donors (Lipinski definition) is 1. The maximum atomic E-state index is 12.7. The van der Waals surface area contributed by atoms with E-state index in [1.54, 1.807) is 0 Å². The van der Waals surface area contributed by atoms with Crippen LogP contribution in [0.15, 0.2) is 54.6 Å². The first-order chi connectivity index (χ1) is 12.9. The third-order valence-electron chi connectivity index (χ3n) is 5.00. The molecule has 0 saturated carbocycles. The van der Waals surface area contributed by atoms with Gasteiger partial charge >= 0.3 is 0 Å². The second kappa shape index (κ2) is 8.67. The van der Waals surface area contributed by atoms with E-state index in [9.17, 15) is 13.2 Å². The highest BCUT2D eigenvalue weighted by Gasteiger charge is 2.31. The molecule has 2 aromatic carbocycles. The summed E-state index contributed by atoms with van der Waals surface area (Å²) in [6.45, 7) is 3.28. The van der Waals surface area contributed by atoms with Crippen LogP contribution in [0.2, 0.25) is 0 Å². The third kappa shape index (κ3) is 5.40. The predicted molar refractivity (Wildman–Crippen MR) is 106 cm³/mol. The lowest BCUT2D eigenvalue weighted by molar-refractivity contribution is -0.126. The van der Waals surface area contributed by atoms with E-state index in [0.717, 1.165) is 16.7 Å². The minimum absolute atomic E-state index is 0.00874. The highest BCUT2D eigenvalue weighted by Crippen LogP contribution is 2.22. The van der Waals surface area contributed by atoms with Crippen LogP contribution < -0.4 is 5.32 Å². The van der Waals surface area contributed by atoms with Gasteiger partial charge in [0.05, 0.1) is 5.75 Å². The van der Waals surface area contributed by atoms with Crippen LogP contribution in [-0.2, 0) is 27.1 Å². The summed E-state index contributed by atoms with van der Waals surface area (Å²) in [5.74, 6) is -0.105. The number of amides is 1. The number of carbonyl (C=O) groups is 1. The Hall–Kier alpha value is -2.18. The minimum Gasteiger partial charge on any atom is -0.352 e. The van der Waals surface area contributed by atoms with E-state index in [1.807, 2.05) is 61.5 Å². The maximum absolute atomic E-state index is 12.7. The molecule has 1 aliphatic heterocycles. The van der Waals surface area contributed by atoms with Crippen molar-refractivity contribution in [2.45, 2.75) is 32.1 Å². The van der Waals surface area contributed by atoms with Gasteiger partial charge in [0.25, 0.3) is 0 Å². The Labute approximate surface area is 161 Å². The zero-order valence-corrected chi connectivity index (χ0v) is 16.4. The molecule has 1 saturated heterocycles. The van der Waals surface area contributed by atoms with Gasteiger partial charge in [-0.15, -0.1) is 0 Å². The quantitative estimate of drug-likeness (QED) is 0.830. The summed E-state index contributed by atoms with van der Waals surface area (Å²) in [5.41, 5.74) is 2.96. The van der Waals surface area contributed by atoms with Crippen molar-refractivity contribution in [3.05, 3.63) is 71.3 Å². The average molecular weight is 387 g/mol. The average Bonchev–Trinajstić information content (AvgIpc) is 2.69. The number of rotatable bonds is 6. The van der Waals surface area contributed by atoms with Gasteiger partial charge in [-0.3, -0.25) is 4.79 Å². The fraction of sp³-hybridized carbons (Fsp3) is 0.381. The second-order valence-corrected chi connectivity index (χ2v) is 9.09. The number of hydrogen-bond acceptors (Lipinski definition) is 3. The zero-order chi connectivity index (χ0) is 19.3. The lowest BCUT2D eigenvalue weighted by Gasteiger charge is -2.30. The van der Waals surface area contributed by atoms with Gasteiger partial charge in [0.1, 0.15) is 0 Å². The molecule has 1 N–H and O–H groups in total. The van der Waals surface area contributed by atoms with E-state index >= 15 is 0 Å². The summed E-state index contributed by atoms with van der Waals surface area (Å²) < 4.78 is 26.8. The van der Waals surface area contributed by atoms with Gasteiger partial charge in [-0.2, -0.15) is 0 Å². The van der Waals surface area contributed by atoms with Gasteiger partial charge < -0.3 is 5.32 Å². The molecular weight excluding hydrogens is 360 g/mol. The molecule has 0 aromatic heterocycles. The van der Waals surface area contributed by atoms with E-state index in [2.05, 4.69) is 5.32 Å². The maximum Gasteiger partial charge on any atom is 0.223 e. The Morgan fingerprint density at radius 1 is 1.00 bits per heavy atom. The SMILES string of the molecule is Cc1ccc(CS(=O)(=O)N2CCC(C(=O)NCc3ccccc3)CC2)cc1. The van der Waals surface area contributed by atoms with Crippen LogP contribution in [0.4, 0.5) is 0 Å². The molecule has 27 heavy (non-hydrogen) atoms. The van der Waals surface area contributed by atoms with Crippen LogP contribution in [0.3, 0.4) is 0 Å². The van der Waals surface area contributed by atoms with Crippen molar-refractivity contribution in [3.63, 3.8) is 0 Å². The molecular formula is C21H26N2O3S. The van der Waals surface area contributed by atoms with E-state index < -0.39 is 10.0 Å². The molecule has 0 spiro atoms. The van der Waals surface area contributed by atoms with Crippen molar-refractivity contribution in [2.24, 2.45) is 5.92 Å². The van der Waals surface area contributed by atoms with Crippen molar-refractivity contribution >= 4 is 15.9 Å². The highest BCUT2D eigenvalue weighted by molar-refractivity contribution is 7.88. The molecule has 1 aliphatic rings. The molecule has 0 unspecified atom stereocenters. The van der Waals surface area contributed by atoms with Crippen molar-refractivity contribution in [2.75, 3.05) is 13.1 Å². The summed E-state index contributed by atoms with van der Waals surface area (Å²) in [6.07, 6.45) is 1.13. The van der Waals surface area contributed by atoms with E-state index in [0.29, 0.717) is 32.5 Å². The molecule has 1 amide bonds. The summed E-state index contributed by atoms with van der Waals surface area (Å²) in [5, 5.41) is 2.96. The number of aryl methyl sites for hydroxylation is 1. The Kier molecular flexibility index (Phi) is 6.29. The van der Waals surface area contributed by atoms with Crippen LogP contribution in [0, 0.1) is 12.8 Å². The van der Waals surface area contributed by atoms with Gasteiger partial charge in [-0.05, 0) is 30.9 Å². The molecule has 144 valence electrons. The lowest BCUT2D eigenvalue weighted by atomic mass is 9.97. The fourth-order valence-electron chi connectivity index (χ4n) is 3.31. The van der Waals surface area contributed by atoms with Gasteiger partial charge in [-0.25, -0.2) is 12.7 Å². The molecule has 0 radical (unpaired) electrons. The monoisotopic (exact) mass is 386 g/mol. The van der Waals surface area contributed by atoms with Crippen LogP contribution in [0.5, 0.6) is 0 Å². The largest absolute Gasteiger partial charge is 0.352 e. The summed E-state index contributed by atoms with van der Waals surface area (Å²) in [6, 6.07) is 17.3. The zero-order valence-electron chi connectivity index (χ0n) is 15.6. The Morgan fingerprint density at radius 3 is 2.26 bits per heavy atom. The molecule has 0 aliphatic carbocycles. The number of nitrogens with zero attached hydrogens (tertiary/aromatic N) is 1. The topological polar surface area (TPSA) is 66.5 Å². The molecule has 6 heteroatoms. The second-order valence-electron chi connectivity index (χ2n) is 7.12. The van der Waals surface area contributed by atoms with Crippen LogP contribution >= 0.6 is 0 Å². The lowest BCUT2D eigenvalue weighted by Crippen LogP contribution is -2.43. The van der Waals surface area contributed by atoms with E-state index in [4.69, 9.17) is 0 Å². The normalized spacial score (nSPS) is 16.2. The van der Waals surface area contributed by atoms with Gasteiger partial charge in [0.15, 0.2) is 0 Å². The number of piperidine rings is 1. The van der Waals surface area contributed by atoms with Crippen LogP contribution in [0.1, 0.15) is 29.5 Å². The van der Waals surface area contributed by atoms with Crippen molar-refractivity contribution in [1.82, 2.24) is 9.62 Å². The van der Waals surface area contributed by atoms with Gasteiger partial charge in [0.2, 0.25) is 15.9 Å². The molecule has 5 nitrogen and oxygen atoms in total. The van der Waals surface area contributed by atoms with Crippen molar-refractivity contribution < 1.29 is 13.2 Å². The van der Waals surface area contributed by atoms with Gasteiger partial charge in [-0.1, -0.05) is 60.2 Å². The molecule has 3 rings (SSSR count). The molecule has 2 aromatic rings. The standard InChI is InChI=1S/C21H26N2O3S/c1-17-7-9-19(10-8-17)16-27(25,26)23-13-11-20(12-14-23)21(24)22-15-18-5-3-2-4-6-18/h2-10,20H,11-16H2,1H3,(H,22,24). The molecule has 0 atom stereocenters. The fourth-order valence-corrected chi connectivity index (χ4v) is 4.88. The van der Waals surface area contributed by atoms with Gasteiger partial charge in [0, 0.05) is 25.6 Å². The first kappa shape index (κ1) is 19.6. The number of sulfonamides is 1. The van der Waals surface area contributed by atoms with Crippen molar-refractivity contribution in [3.8, 4) is 0 Å². The van der Waals surface area contributed by atoms with Crippen LogP contribution in [0.25, 0.3) is 0 Å². The molecule has 0 bridgehead atoms. The first-order valence-corrected chi connectivity index (χ1v) is 10.9. The minimum atomic E-state index is -3.35. The van der Waals surface area contributed by atoms with Crippen LogP contribution in [-0.4, -0.2) is 31.7 Å². The van der Waals surface area contributed by atoms with E-state index in [-0.39, 0.29) is 17.6 Å². The van der Waals surface area contributed by atoms with E-state index in [1.165, 1.54) is 4.31 Å². The smallest absolute Gasteiger partial charge is 0.223 e. The Bertz CT molecular complexity index is 856. The predicted octanol–water partition coefficient (Wildman–Crippen LogP) is 2.85. The first-order valence-electron chi connectivity index (χ1n) is 9.29. The molecule has 1 heterocycles. The highest BCUT2D eigenvalue weighted by atomic mass is 32.2. The third-order valence-corrected chi connectivity index (χ3v) is 6.85. The number of benzene rings is 2. The summed E-state index contributed by atoms with van der Waals surface area (Å²) >= 11 is 0. The summed E-state index contributed by atoms with van der Waals surface area (Å²) in [7, 11) is -3.35. The Balaban J connectivity index is 1.50.